The number of nitrogens with two attached hydrogens (primary N) is 1. The number of anilines is 1. The van der Waals surface area contributed by atoms with Gasteiger partial charge in [-0.25, -0.2) is 9.59 Å². The van der Waals surface area contributed by atoms with Crippen molar-refractivity contribution in [2.75, 3.05) is 20.0 Å². The Morgan fingerprint density at radius 2 is 1.56 bits per heavy atom. The molecule has 1 rings (SSSR count). The van der Waals surface area contributed by atoms with Crippen LogP contribution in [-0.4, -0.2) is 26.2 Å². The van der Waals surface area contributed by atoms with Crippen molar-refractivity contribution >= 4 is 17.6 Å². The first-order valence-electron chi connectivity index (χ1n) is 4.58. The monoisotopic (exact) mass is 223 g/mol. The summed E-state index contributed by atoms with van der Waals surface area (Å²) < 4.78 is 9.19. The second-order valence-electron chi connectivity index (χ2n) is 3.20. The Labute approximate surface area is 93.1 Å². The van der Waals surface area contributed by atoms with E-state index in [1.54, 1.807) is 19.1 Å². The first-order valence-corrected chi connectivity index (χ1v) is 4.58. The molecule has 0 bridgehead atoms. The molecule has 0 radical (unpaired) electrons. The lowest BCUT2D eigenvalue weighted by Crippen LogP contribution is -2.15. The molecule has 5 heteroatoms. The molecule has 5 nitrogen and oxygen atoms in total. The van der Waals surface area contributed by atoms with E-state index in [2.05, 4.69) is 9.47 Å². The Morgan fingerprint density at radius 1 is 1.06 bits per heavy atom. The van der Waals surface area contributed by atoms with E-state index in [1.165, 1.54) is 14.2 Å². The topological polar surface area (TPSA) is 78.6 Å². The van der Waals surface area contributed by atoms with Crippen molar-refractivity contribution in [1.82, 2.24) is 0 Å². The van der Waals surface area contributed by atoms with Gasteiger partial charge >= 0.3 is 11.9 Å². The molecule has 0 saturated carbocycles. The third kappa shape index (κ3) is 1.98. The highest BCUT2D eigenvalue weighted by Gasteiger charge is 2.23. The summed E-state index contributed by atoms with van der Waals surface area (Å²) in [6.07, 6.45) is 0. The maximum atomic E-state index is 11.5. The van der Waals surface area contributed by atoms with Crippen molar-refractivity contribution in [2.45, 2.75) is 6.92 Å². The number of benzene rings is 1. The van der Waals surface area contributed by atoms with Crippen molar-refractivity contribution in [3.8, 4) is 0 Å². The summed E-state index contributed by atoms with van der Waals surface area (Å²) in [7, 11) is 2.47. The summed E-state index contributed by atoms with van der Waals surface area (Å²) in [6, 6.07) is 3.20. The zero-order chi connectivity index (χ0) is 12.3. The molecular formula is C11H13NO4. The molecule has 0 aromatic heterocycles. The van der Waals surface area contributed by atoms with Gasteiger partial charge < -0.3 is 15.2 Å². The van der Waals surface area contributed by atoms with Crippen LogP contribution in [-0.2, 0) is 9.47 Å². The number of esters is 2. The quantitative estimate of drug-likeness (QED) is 0.601. The smallest absolute Gasteiger partial charge is 0.340 e. The van der Waals surface area contributed by atoms with Gasteiger partial charge in [0.15, 0.2) is 0 Å². The van der Waals surface area contributed by atoms with Crippen LogP contribution >= 0.6 is 0 Å². The summed E-state index contributed by atoms with van der Waals surface area (Å²) in [5.74, 6) is -1.26. The lowest BCUT2D eigenvalue weighted by molar-refractivity contribution is 0.0555. The first-order chi connectivity index (χ1) is 7.52. The summed E-state index contributed by atoms with van der Waals surface area (Å²) in [5, 5.41) is 0. The van der Waals surface area contributed by atoms with Gasteiger partial charge in [0.05, 0.1) is 25.3 Å². The lowest BCUT2D eigenvalue weighted by Gasteiger charge is -2.11. The van der Waals surface area contributed by atoms with E-state index in [9.17, 15) is 9.59 Å². The van der Waals surface area contributed by atoms with Crippen molar-refractivity contribution in [3.63, 3.8) is 0 Å². The van der Waals surface area contributed by atoms with Gasteiger partial charge in [-0.1, -0.05) is 6.07 Å². The number of hydrogen-bond donors (Lipinski definition) is 1. The maximum Gasteiger partial charge on any atom is 0.340 e. The number of nitrogen functional groups attached to an aromatic ring is 1. The fraction of sp³-hybridized carbons (Fsp3) is 0.273. The zero-order valence-electron chi connectivity index (χ0n) is 9.37. The van der Waals surface area contributed by atoms with Crippen LogP contribution in [0.4, 0.5) is 5.69 Å². The largest absolute Gasteiger partial charge is 0.465 e. The van der Waals surface area contributed by atoms with Gasteiger partial charge in [-0.3, -0.25) is 0 Å². The third-order valence-corrected chi connectivity index (χ3v) is 2.22. The maximum absolute atomic E-state index is 11.5. The summed E-state index contributed by atoms with van der Waals surface area (Å²) in [6.45, 7) is 1.69. The number of methoxy groups -OCH3 is 2. The minimum atomic E-state index is -0.651. The van der Waals surface area contributed by atoms with Gasteiger partial charge in [-0.15, -0.1) is 0 Å². The zero-order valence-corrected chi connectivity index (χ0v) is 9.37. The Kier molecular flexibility index (Phi) is 3.50. The highest BCUT2D eigenvalue weighted by Crippen LogP contribution is 2.22. The van der Waals surface area contributed by atoms with Gasteiger partial charge in [0.1, 0.15) is 0 Å². The average Bonchev–Trinajstić information content (AvgIpc) is 2.29. The molecule has 86 valence electrons. The molecule has 0 aliphatic heterocycles. The lowest BCUT2D eigenvalue weighted by atomic mass is 10.00. The molecule has 16 heavy (non-hydrogen) atoms. The fourth-order valence-corrected chi connectivity index (χ4v) is 1.41. The molecule has 1 aromatic rings. The van der Waals surface area contributed by atoms with Crippen molar-refractivity contribution in [1.29, 1.82) is 0 Å². The second kappa shape index (κ2) is 4.65. The SMILES string of the molecule is COC(=O)c1c(C)ccc(N)c1C(=O)OC. The predicted octanol–water partition coefficient (Wildman–Crippen LogP) is 1.15. The number of hydrogen-bond acceptors (Lipinski definition) is 5. The van der Waals surface area contributed by atoms with E-state index in [4.69, 9.17) is 5.73 Å². The van der Waals surface area contributed by atoms with E-state index < -0.39 is 11.9 Å². The molecule has 1 aromatic carbocycles. The standard InChI is InChI=1S/C11H13NO4/c1-6-4-5-7(12)9(11(14)16-3)8(6)10(13)15-2/h4-5H,12H2,1-3H3. The number of carbonyl (C=O) groups is 2. The van der Waals surface area contributed by atoms with Crippen LogP contribution in [0.2, 0.25) is 0 Å². The Hall–Kier alpha value is -2.04. The van der Waals surface area contributed by atoms with E-state index in [-0.39, 0.29) is 16.8 Å². The molecule has 0 atom stereocenters. The van der Waals surface area contributed by atoms with Crippen LogP contribution in [0, 0.1) is 6.92 Å². The molecule has 0 unspecified atom stereocenters. The van der Waals surface area contributed by atoms with Gasteiger partial charge in [-0.2, -0.15) is 0 Å². The molecule has 0 spiro atoms. The molecular weight excluding hydrogens is 210 g/mol. The Morgan fingerprint density at radius 3 is 2.06 bits per heavy atom. The van der Waals surface area contributed by atoms with Crippen LogP contribution in [0.25, 0.3) is 0 Å². The molecule has 0 fully saturated rings. The van der Waals surface area contributed by atoms with E-state index in [1.807, 2.05) is 0 Å². The molecule has 0 heterocycles. The Bertz CT molecular complexity index is 399. The number of carbonyl (C=O) groups excluding carboxylic acids is 2. The van der Waals surface area contributed by atoms with Crippen LogP contribution < -0.4 is 5.73 Å². The summed E-state index contributed by atoms with van der Waals surface area (Å²) in [4.78, 5) is 23.1. The van der Waals surface area contributed by atoms with E-state index >= 15 is 0 Å². The highest BCUT2D eigenvalue weighted by atomic mass is 16.5. The first kappa shape index (κ1) is 12.0. The van der Waals surface area contributed by atoms with Crippen LogP contribution in [0.15, 0.2) is 12.1 Å². The van der Waals surface area contributed by atoms with Gasteiger partial charge in [0.25, 0.3) is 0 Å². The molecule has 0 saturated heterocycles. The molecule has 0 amide bonds. The van der Waals surface area contributed by atoms with Gasteiger partial charge in [-0.05, 0) is 18.6 Å². The minimum absolute atomic E-state index is 0.0503. The summed E-state index contributed by atoms with van der Waals surface area (Å²) in [5.41, 5.74) is 6.65. The third-order valence-electron chi connectivity index (χ3n) is 2.22. The summed E-state index contributed by atoms with van der Waals surface area (Å²) >= 11 is 0. The van der Waals surface area contributed by atoms with E-state index in [0.29, 0.717) is 5.56 Å². The minimum Gasteiger partial charge on any atom is -0.465 e. The van der Waals surface area contributed by atoms with E-state index in [0.717, 1.165) is 0 Å². The van der Waals surface area contributed by atoms with Gasteiger partial charge in [0.2, 0.25) is 0 Å². The highest BCUT2D eigenvalue weighted by molar-refractivity contribution is 6.07. The Balaban J connectivity index is 3.49. The number of ether oxygens (including phenoxy) is 2. The van der Waals surface area contributed by atoms with Crippen LogP contribution in [0.5, 0.6) is 0 Å². The second-order valence-corrected chi connectivity index (χ2v) is 3.20. The number of rotatable bonds is 2. The molecule has 2 N–H and O–H groups in total. The van der Waals surface area contributed by atoms with Crippen LogP contribution in [0.3, 0.4) is 0 Å². The van der Waals surface area contributed by atoms with Crippen molar-refractivity contribution < 1.29 is 19.1 Å². The van der Waals surface area contributed by atoms with Crippen molar-refractivity contribution in [2.24, 2.45) is 0 Å². The fourth-order valence-electron chi connectivity index (χ4n) is 1.41. The molecule has 0 aliphatic rings. The van der Waals surface area contributed by atoms with Gasteiger partial charge in [0, 0.05) is 5.69 Å². The average molecular weight is 223 g/mol. The van der Waals surface area contributed by atoms with Crippen molar-refractivity contribution in [3.05, 3.63) is 28.8 Å². The molecule has 0 aliphatic carbocycles. The number of aryl methyl sites for hydroxylation is 1. The normalized spacial score (nSPS) is 9.69. The predicted molar refractivity (Wildman–Crippen MR) is 58.3 cm³/mol. The van der Waals surface area contributed by atoms with Crippen LogP contribution in [0.1, 0.15) is 26.3 Å².